The summed E-state index contributed by atoms with van der Waals surface area (Å²) in [5, 5.41) is 8.07. The van der Waals surface area contributed by atoms with E-state index in [2.05, 4.69) is 6.92 Å². The SMILES string of the molecule is CCCCO.[NaH]. The molecule has 34 valence electrons. The summed E-state index contributed by atoms with van der Waals surface area (Å²) >= 11 is 0. The summed E-state index contributed by atoms with van der Waals surface area (Å²) in [5.74, 6) is 0. The van der Waals surface area contributed by atoms with Crippen molar-refractivity contribution in [3.05, 3.63) is 0 Å². The first-order valence-electron chi connectivity index (χ1n) is 2.02. The zero-order valence-electron chi connectivity index (χ0n) is 3.57. The second-order valence-electron chi connectivity index (χ2n) is 1.08. The summed E-state index contributed by atoms with van der Waals surface area (Å²) in [6.07, 6.45) is 2.04. The van der Waals surface area contributed by atoms with E-state index >= 15 is 0 Å². The van der Waals surface area contributed by atoms with E-state index < -0.39 is 0 Å². The zero-order chi connectivity index (χ0) is 4.12. The molecule has 0 aliphatic rings. The molecule has 2 heteroatoms. The zero-order valence-corrected chi connectivity index (χ0v) is 3.57. The van der Waals surface area contributed by atoms with Crippen LogP contribution in [-0.2, 0) is 0 Å². The van der Waals surface area contributed by atoms with E-state index in [-0.39, 0.29) is 29.6 Å². The molecule has 0 aromatic rings. The molecule has 0 unspecified atom stereocenters. The molecule has 0 aromatic carbocycles. The summed E-state index contributed by atoms with van der Waals surface area (Å²) in [7, 11) is 0. The molecule has 0 amide bonds. The van der Waals surface area contributed by atoms with Crippen LogP contribution in [0.25, 0.3) is 0 Å². The standard InChI is InChI=1S/C4H10O.Na.H/c1-2-3-4-5;;/h5H,2-4H2,1H3;;. The van der Waals surface area contributed by atoms with Crippen LogP contribution in [0.5, 0.6) is 0 Å². The fourth-order valence-electron chi connectivity index (χ4n) is 0.158. The number of aliphatic hydroxyl groups is 1. The predicted octanol–water partition coefficient (Wildman–Crippen LogP) is 0.130. The van der Waals surface area contributed by atoms with Gasteiger partial charge in [0.25, 0.3) is 0 Å². The maximum atomic E-state index is 8.07. The molecule has 0 rings (SSSR count). The van der Waals surface area contributed by atoms with Crippen molar-refractivity contribution < 1.29 is 5.11 Å². The number of aliphatic hydroxyl groups excluding tert-OH is 1. The minimum atomic E-state index is 0. The molecule has 6 heavy (non-hydrogen) atoms. The predicted molar refractivity (Wildman–Crippen MR) is 29.1 cm³/mol. The molecule has 0 spiro atoms. The van der Waals surface area contributed by atoms with Crippen molar-refractivity contribution in [3.63, 3.8) is 0 Å². The Bertz CT molecular complexity index is 15.0. The van der Waals surface area contributed by atoms with Gasteiger partial charge in [0.15, 0.2) is 0 Å². The van der Waals surface area contributed by atoms with Crippen molar-refractivity contribution in [1.29, 1.82) is 0 Å². The molecule has 1 N–H and O–H groups in total. The third-order valence-corrected chi connectivity index (χ3v) is 0.512. The summed E-state index contributed by atoms with van der Waals surface area (Å²) in [5.41, 5.74) is 0. The van der Waals surface area contributed by atoms with Gasteiger partial charge in [-0.05, 0) is 6.42 Å². The fraction of sp³-hybridized carbons (Fsp3) is 1.00. The van der Waals surface area contributed by atoms with Crippen LogP contribution in [0.4, 0.5) is 0 Å². The van der Waals surface area contributed by atoms with E-state index in [1.165, 1.54) is 0 Å². The Kier molecular flexibility index (Phi) is 15.7. The molecule has 0 bridgehead atoms. The third kappa shape index (κ3) is 8.88. The normalized spacial score (nSPS) is 7.00. The van der Waals surface area contributed by atoms with Crippen molar-refractivity contribution in [2.24, 2.45) is 0 Å². The second-order valence-corrected chi connectivity index (χ2v) is 1.08. The van der Waals surface area contributed by atoms with Gasteiger partial charge in [0.2, 0.25) is 0 Å². The Labute approximate surface area is 61.0 Å². The van der Waals surface area contributed by atoms with Gasteiger partial charge in [0.05, 0.1) is 0 Å². The molecule has 0 aliphatic heterocycles. The number of hydrogen-bond acceptors (Lipinski definition) is 1. The molecule has 0 saturated heterocycles. The topological polar surface area (TPSA) is 20.2 Å². The Morgan fingerprint density at radius 1 is 1.50 bits per heavy atom. The van der Waals surface area contributed by atoms with Gasteiger partial charge in [-0.15, -0.1) is 0 Å². The van der Waals surface area contributed by atoms with Gasteiger partial charge >= 0.3 is 29.6 Å². The molecular formula is C4H11NaO. The summed E-state index contributed by atoms with van der Waals surface area (Å²) < 4.78 is 0. The van der Waals surface area contributed by atoms with Gasteiger partial charge in [-0.25, -0.2) is 0 Å². The molecule has 0 aromatic heterocycles. The minimum absolute atomic E-state index is 0. The van der Waals surface area contributed by atoms with E-state index in [9.17, 15) is 0 Å². The monoisotopic (exact) mass is 98.1 g/mol. The Morgan fingerprint density at radius 2 is 2.00 bits per heavy atom. The molecule has 0 saturated carbocycles. The van der Waals surface area contributed by atoms with E-state index in [4.69, 9.17) is 5.11 Å². The van der Waals surface area contributed by atoms with E-state index in [0.717, 1.165) is 12.8 Å². The van der Waals surface area contributed by atoms with E-state index in [1.807, 2.05) is 0 Å². The van der Waals surface area contributed by atoms with Crippen LogP contribution in [0.1, 0.15) is 19.8 Å². The van der Waals surface area contributed by atoms with Gasteiger partial charge in [-0.2, -0.15) is 0 Å². The van der Waals surface area contributed by atoms with Crippen molar-refractivity contribution >= 4 is 29.6 Å². The van der Waals surface area contributed by atoms with Crippen LogP contribution in [0.15, 0.2) is 0 Å². The molecule has 0 atom stereocenters. The second kappa shape index (κ2) is 9.35. The number of unbranched alkanes of at least 4 members (excludes halogenated alkanes) is 1. The quantitative estimate of drug-likeness (QED) is 0.487. The van der Waals surface area contributed by atoms with E-state index in [0.29, 0.717) is 6.61 Å². The van der Waals surface area contributed by atoms with Gasteiger partial charge in [0, 0.05) is 6.61 Å². The fourth-order valence-corrected chi connectivity index (χ4v) is 0.158. The molecule has 0 radical (unpaired) electrons. The Balaban J connectivity index is 0. The number of hydrogen-bond donors (Lipinski definition) is 1. The van der Waals surface area contributed by atoms with Crippen molar-refractivity contribution in [2.75, 3.05) is 6.61 Å². The summed E-state index contributed by atoms with van der Waals surface area (Å²) in [6.45, 7) is 2.40. The first-order chi connectivity index (χ1) is 2.41. The molecule has 1 nitrogen and oxygen atoms in total. The summed E-state index contributed by atoms with van der Waals surface area (Å²) in [4.78, 5) is 0. The van der Waals surface area contributed by atoms with Gasteiger partial charge in [-0.1, -0.05) is 13.3 Å². The first-order valence-corrected chi connectivity index (χ1v) is 2.02. The van der Waals surface area contributed by atoms with Crippen LogP contribution in [0.2, 0.25) is 0 Å². The molecule has 0 heterocycles. The van der Waals surface area contributed by atoms with Crippen LogP contribution < -0.4 is 0 Å². The van der Waals surface area contributed by atoms with Crippen LogP contribution >= 0.6 is 0 Å². The van der Waals surface area contributed by atoms with Crippen molar-refractivity contribution in [1.82, 2.24) is 0 Å². The summed E-state index contributed by atoms with van der Waals surface area (Å²) in [6, 6.07) is 0. The first kappa shape index (κ1) is 10.0. The van der Waals surface area contributed by atoms with Crippen LogP contribution in [0, 0.1) is 0 Å². The Hall–Kier alpha value is 0.960. The maximum absolute atomic E-state index is 8.07. The van der Waals surface area contributed by atoms with Crippen LogP contribution in [0.3, 0.4) is 0 Å². The van der Waals surface area contributed by atoms with Gasteiger partial charge in [-0.3, -0.25) is 0 Å². The molecule has 0 aliphatic carbocycles. The third-order valence-electron chi connectivity index (χ3n) is 0.512. The number of rotatable bonds is 2. The van der Waals surface area contributed by atoms with Crippen molar-refractivity contribution in [3.8, 4) is 0 Å². The van der Waals surface area contributed by atoms with Gasteiger partial charge in [0.1, 0.15) is 0 Å². The van der Waals surface area contributed by atoms with Crippen molar-refractivity contribution in [2.45, 2.75) is 19.8 Å². The Morgan fingerprint density at radius 3 is 2.00 bits per heavy atom. The van der Waals surface area contributed by atoms with E-state index in [1.54, 1.807) is 0 Å². The van der Waals surface area contributed by atoms with Gasteiger partial charge < -0.3 is 5.11 Å². The average molecular weight is 98.1 g/mol. The average Bonchev–Trinajstić information content (AvgIpc) is 1.41. The van der Waals surface area contributed by atoms with Crippen LogP contribution in [-0.4, -0.2) is 41.3 Å². The molecule has 0 fully saturated rings. The molecular weight excluding hydrogens is 87.0 g/mol.